The van der Waals surface area contributed by atoms with Gasteiger partial charge in [0.2, 0.25) is 5.91 Å². The van der Waals surface area contributed by atoms with Crippen LogP contribution in [0.1, 0.15) is 6.42 Å². The molecule has 1 rings (SSSR count). The topological polar surface area (TPSA) is 63.4 Å². The average molecular weight is 290 g/mol. The van der Waals surface area contributed by atoms with Crippen molar-refractivity contribution in [2.45, 2.75) is 11.3 Å². The van der Waals surface area contributed by atoms with E-state index in [-0.39, 0.29) is 10.6 Å². The third-order valence-corrected chi connectivity index (χ3v) is 3.83. The fraction of sp³-hybridized carbons (Fsp3) is 0.417. The predicted molar refractivity (Wildman–Crippen MR) is 68.9 cm³/mol. The first-order chi connectivity index (χ1) is 8.95. The highest BCUT2D eigenvalue weighted by Crippen LogP contribution is 2.14. The van der Waals surface area contributed by atoms with Gasteiger partial charge in [0.25, 0.3) is 0 Å². The molecule has 0 bridgehead atoms. The normalized spacial score (nSPS) is 12.2. The minimum absolute atomic E-state index is 0.291. The number of hydrogen-bond donors (Lipinski definition) is 1. The van der Waals surface area contributed by atoms with Crippen LogP contribution in [0, 0.1) is 11.6 Å². The second kappa shape index (κ2) is 7.30. The minimum atomic E-state index is -1.90. The molecule has 1 amide bonds. The average Bonchev–Trinajstić information content (AvgIpc) is 2.38. The van der Waals surface area contributed by atoms with E-state index in [1.807, 2.05) is 0 Å². The largest absolute Gasteiger partial charge is 0.345 e. The molecule has 1 unspecified atom stereocenters. The molecule has 7 heteroatoms. The quantitative estimate of drug-likeness (QED) is 0.846. The van der Waals surface area contributed by atoms with Crippen LogP contribution in [0.5, 0.6) is 0 Å². The van der Waals surface area contributed by atoms with Gasteiger partial charge in [0.1, 0.15) is 17.4 Å². The lowest BCUT2D eigenvalue weighted by Gasteiger charge is -2.16. The van der Waals surface area contributed by atoms with E-state index in [0.717, 1.165) is 18.2 Å². The van der Waals surface area contributed by atoms with Crippen molar-refractivity contribution in [1.82, 2.24) is 4.90 Å². The zero-order valence-electron chi connectivity index (χ0n) is 10.6. The van der Waals surface area contributed by atoms with Gasteiger partial charge >= 0.3 is 0 Å². The summed E-state index contributed by atoms with van der Waals surface area (Å²) in [6, 6.07) is 2.68. The smallest absolute Gasteiger partial charge is 0.235 e. The number of nitrogens with zero attached hydrogens (tertiary/aromatic N) is 1. The molecular formula is C12H16F2N2O2S. The Labute approximate surface area is 113 Å². The van der Waals surface area contributed by atoms with E-state index in [2.05, 4.69) is 0 Å². The standard InChI is InChI=1S/C12H16F2N2O2S/c1-16(6-2-5-15)12(17)8-19(18)11-7-9(13)3-4-10(11)14/h3-4,7H,2,5-6,8,15H2,1H3. The zero-order chi connectivity index (χ0) is 14.4. The first kappa shape index (κ1) is 15.7. The lowest BCUT2D eigenvalue weighted by molar-refractivity contribution is -0.127. The van der Waals surface area contributed by atoms with Crippen LogP contribution >= 0.6 is 0 Å². The molecule has 1 aromatic carbocycles. The van der Waals surface area contributed by atoms with Crippen molar-refractivity contribution in [3.05, 3.63) is 29.8 Å². The number of carbonyl (C=O) groups excluding carboxylic acids is 1. The maximum atomic E-state index is 13.4. The van der Waals surface area contributed by atoms with Crippen molar-refractivity contribution in [2.75, 3.05) is 25.9 Å². The predicted octanol–water partition coefficient (Wildman–Crippen LogP) is 0.880. The Kier molecular flexibility index (Phi) is 6.04. The van der Waals surface area contributed by atoms with Gasteiger partial charge in [0.05, 0.1) is 15.7 Å². The van der Waals surface area contributed by atoms with Crippen molar-refractivity contribution in [3.63, 3.8) is 0 Å². The summed E-state index contributed by atoms with van der Waals surface area (Å²) in [6.07, 6.45) is 0.628. The molecule has 0 aromatic heterocycles. The third-order valence-electron chi connectivity index (χ3n) is 2.52. The van der Waals surface area contributed by atoms with E-state index in [4.69, 9.17) is 5.73 Å². The van der Waals surface area contributed by atoms with Gasteiger partial charge in [-0.05, 0) is 31.2 Å². The Hall–Kier alpha value is -1.34. The summed E-state index contributed by atoms with van der Waals surface area (Å²) in [4.78, 5) is 12.8. The molecule has 1 atom stereocenters. The number of halogens is 2. The number of rotatable bonds is 6. The van der Waals surface area contributed by atoms with Gasteiger partial charge in [0.15, 0.2) is 0 Å². The van der Waals surface area contributed by atoms with Crippen molar-refractivity contribution < 1.29 is 17.8 Å². The molecule has 0 fully saturated rings. The summed E-state index contributed by atoms with van der Waals surface area (Å²) >= 11 is 0. The van der Waals surface area contributed by atoms with Crippen LogP contribution in [0.25, 0.3) is 0 Å². The molecule has 2 N–H and O–H groups in total. The minimum Gasteiger partial charge on any atom is -0.345 e. The molecule has 0 aliphatic rings. The molecule has 19 heavy (non-hydrogen) atoms. The van der Waals surface area contributed by atoms with E-state index in [0.29, 0.717) is 19.5 Å². The highest BCUT2D eigenvalue weighted by atomic mass is 32.2. The second-order valence-corrected chi connectivity index (χ2v) is 5.44. The van der Waals surface area contributed by atoms with Crippen molar-refractivity contribution >= 4 is 16.7 Å². The molecule has 1 aromatic rings. The maximum Gasteiger partial charge on any atom is 0.235 e. The van der Waals surface area contributed by atoms with Gasteiger partial charge in [-0.3, -0.25) is 9.00 Å². The Morgan fingerprint density at radius 3 is 2.74 bits per heavy atom. The number of nitrogens with two attached hydrogens (primary N) is 1. The highest BCUT2D eigenvalue weighted by molar-refractivity contribution is 7.85. The first-order valence-corrected chi connectivity index (χ1v) is 7.05. The number of amides is 1. The summed E-state index contributed by atoms with van der Waals surface area (Å²) in [5.74, 6) is -2.23. The van der Waals surface area contributed by atoms with Crippen LogP contribution in [0.15, 0.2) is 23.1 Å². The van der Waals surface area contributed by atoms with Crippen LogP contribution in [0.2, 0.25) is 0 Å². The number of benzene rings is 1. The molecule has 0 saturated carbocycles. The van der Waals surface area contributed by atoms with Crippen LogP contribution in [0.3, 0.4) is 0 Å². The van der Waals surface area contributed by atoms with Gasteiger partial charge in [-0.25, -0.2) is 8.78 Å². The monoisotopic (exact) mass is 290 g/mol. The van der Waals surface area contributed by atoms with Crippen LogP contribution in [0.4, 0.5) is 8.78 Å². The Morgan fingerprint density at radius 1 is 1.42 bits per heavy atom. The van der Waals surface area contributed by atoms with E-state index in [1.54, 1.807) is 7.05 Å². The third kappa shape index (κ3) is 4.68. The number of carbonyl (C=O) groups is 1. The van der Waals surface area contributed by atoms with Gasteiger partial charge in [-0.1, -0.05) is 0 Å². The van der Waals surface area contributed by atoms with Gasteiger partial charge < -0.3 is 10.6 Å². The van der Waals surface area contributed by atoms with Crippen molar-refractivity contribution in [1.29, 1.82) is 0 Å². The van der Waals surface area contributed by atoms with E-state index < -0.39 is 28.3 Å². The van der Waals surface area contributed by atoms with Crippen LogP contribution in [-0.4, -0.2) is 40.9 Å². The summed E-state index contributed by atoms with van der Waals surface area (Å²) in [7, 11) is -0.346. The molecule has 106 valence electrons. The molecule has 0 radical (unpaired) electrons. The van der Waals surface area contributed by atoms with Crippen LogP contribution in [-0.2, 0) is 15.6 Å². The van der Waals surface area contributed by atoms with Gasteiger partial charge in [0, 0.05) is 13.6 Å². The van der Waals surface area contributed by atoms with Gasteiger partial charge in [-0.2, -0.15) is 0 Å². The molecule has 4 nitrogen and oxygen atoms in total. The Morgan fingerprint density at radius 2 is 2.11 bits per heavy atom. The molecule has 0 heterocycles. The van der Waals surface area contributed by atoms with Crippen molar-refractivity contribution in [3.8, 4) is 0 Å². The summed E-state index contributed by atoms with van der Waals surface area (Å²) in [5, 5.41) is 0. The summed E-state index contributed by atoms with van der Waals surface area (Å²) in [5.41, 5.74) is 5.32. The molecule has 0 spiro atoms. The lowest BCUT2D eigenvalue weighted by Crippen LogP contribution is -2.32. The maximum absolute atomic E-state index is 13.4. The van der Waals surface area contributed by atoms with E-state index in [1.165, 1.54) is 4.90 Å². The Balaban J connectivity index is 2.69. The second-order valence-electron chi connectivity index (χ2n) is 4.02. The number of hydrogen-bond acceptors (Lipinski definition) is 3. The fourth-order valence-corrected chi connectivity index (χ4v) is 2.53. The zero-order valence-corrected chi connectivity index (χ0v) is 11.4. The molecule has 0 saturated heterocycles. The van der Waals surface area contributed by atoms with Crippen LogP contribution < -0.4 is 5.73 Å². The first-order valence-electron chi connectivity index (χ1n) is 5.73. The highest BCUT2D eigenvalue weighted by Gasteiger charge is 2.17. The molecular weight excluding hydrogens is 274 g/mol. The molecule has 0 aliphatic carbocycles. The van der Waals surface area contributed by atoms with Crippen molar-refractivity contribution in [2.24, 2.45) is 5.73 Å². The summed E-state index contributed by atoms with van der Waals surface area (Å²) in [6.45, 7) is 0.886. The Bertz CT molecular complexity index is 483. The SMILES string of the molecule is CN(CCCN)C(=O)CS(=O)c1cc(F)ccc1F. The fourth-order valence-electron chi connectivity index (χ4n) is 1.40. The van der Waals surface area contributed by atoms with Gasteiger partial charge in [-0.15, -0.1) is 0 Å². The summed E-state index contributed by atoms with van der Waals surface area (Å²) < 4.78 is 38.2. The van der Waals surface area contributed by atoms with E-state index in [9.17, 15) is 17.8 Å². The van der Waals surface area contributed by atoms with E-state index >= 15 is 0 Å². The lowest BCUT2D eigenvalue weighted by atomic mass is 10.3. The molecule has 0 aliphatic heterocycles.